The quantitative estimate of drug-likeness (QED) is 0.883. The fourth-order valence-corrected chi connectivity index (χ4v) is 2.50. The van der Waals surface area contributed by atoms with E-state index in [4.69, 9.17) is 5.11 Å². The Morgan fingerprint density at radius 1 is 1.33 bits per heavy atom. The lowest BCUT2D eigenvalue weighted by molar-refractivity contribution is -0.137. The van der Waals surface area contributed by atoms with Gasteiger partial charge in [-0.3, -0.25) is 9.69 Å². The molecule has 0 amide bonds. The van der Waals surface area contributed by atoms with Crippen LogP contribution in [0.4, 0.5) is 5.69 Å². The summed E-state index contributed by atoms with van der Waals surface area (Å²) < 4.78 is 0. The number of hydrogen-bond acceptors (Lipinski definition) is 3. The highest BCUT2D eigenvalue weighted by Gasteiger charge is 2.30. The van der Waals surface area contributed by atoms with Crippen molar-refractivity contribution in [2.75, 3.05) is 25.0 Å². The SMILES string of the molecule is C[C@@H]1CN(c2ccccc2)[C@H](CC(=O)O)CN1C. The summed E-state index contributed by atoms with van der Waals surface area (Å²) in [5.41, 5.74) is 1.11. The Kier molecular flexibility index (Phi) is 3.87. The maximum atomic E-state index is 11.0. The first-order valence-corrected chi connectivity index (χ1v) is 6.31. The molecule has 1 heterocycles. The molecule has 0 unspecified atom stereocenters. The number of carbonyl (C=O) groups is 1. The normalized spacial score (nSPS) is 25.1. The number of carboxylic acid groups (broad SMARTS) is 1. The molecule has 0 saturated carbocycles. The van der Waals surface area contributed by atoms with Gasteiger partial charge in [-0.1, -0.05) is 18.2 Å². The number of aliphatic carboxylic acids is 1. The molecule has 1 fully saturated rings. The number of anilines is 1. The van der Waals surface area contributed by atoms with Gasteiger partial charge in [-0.05, 0) is 26.1 Å². The van der Waals surface area contributed by atoms with Crippen LogP contribution in [0.15, 0.2) is 30.3 Å². The van der Waals surface area contributed by atoms with Crippen molar-refractivity contribution in [3.05, 3.63) is 30.3 Å². The van der Waals surface area contributed by atoms with Crippen molar-refractivity contribution in [3.63, 3.8) is 0 Å². The van der Waals surface area contributed by atoms with Crippen molar-refractivity contribution in [3.8, 4) is 0 Å². The van der Waals surface area contributed by atoms with Gasteiger partial charge in [-0.2, -0.15) is 0 Å². The molecule has 4 nitrogen and oxygen atoms in total. The number of nitrogens with zero attached hydrogens (tertiary/aromatic N) is 2. The lowest BCUT2D eigenvalue weighted by Crippen LogP contribution is -2.56. The summed E-state index contributed by atoms with van der Waals surface area (Å²) in [5.74, 6) is -0.733. The Bertz CT molecular complexity index is 408. The molecule has 2 atom stereocenters. The van der Waals surface area contributed by atoms with Crippen LogP contribution in [0.25, 0.3) is 0 Å². The van der Waals surface area contributed by atoms with Gasteiger partial charge in [0, 0.05) is 24.8 Å². The monoisotopic (exact) mass is 248 g/mol. The zero-order chi connectivity index (χ0) is 13.1. The van der Waals surface area contributed by atoms with Crippen molar-refractivity contribution in [1.82, 2.24) is 4.90 Å². The van der Waals surface area contributed by atoms with Gasteiger partial charge in [0.15, 0.2) is 0 Å². The van der Waals surface area contributed by atoms with Gasteiger partial charge in [0.25, 0.3) is 0 Å². The highest BCUT2D eigenvalue weighted by atomic mass is 16.4. The van der Waals surface area contributed by atoms with Crippen LogP contribution in [0.3, 0.4) is 0 Å². The molecule has 2 rings (SSSR count). The second-order valence-corrected chi connectivity index (χ2v) is 5.03. The molecule has 1 aliphatic rings. The fourth-order valence-electron chi connectivity index (χ4n) is 2.50. The molecule has 1 aromatic rings. The molecule has 4 heteroatoms. The van der Waals surface area contributed by atoms with E-state index in [1.54, 1.807) is 0 Å². The van der Waals surface area contributed by atoms with Crippen LogP contribution >= 0.6 is 0 Å². The maximum Gasteiger partial charge on any atom is 0.305 e. The lowest BCUT2D eigenvalue weighted by atomic mass is 10.0. The summed E-state index contributed by atoms with van der Waals surface area (Å²) in [6.45, 7) is 3.84. The van der Waals surface area contributed by atoms with E-state index in [-0.39, 0.29) is 12.5 Å². The second kappa shape index (κ2) is 5.40. The zero-order valence-corrected chi connectivity index (χ0v) is 10.9. The highest BCUT2D eigenvalue weighted by molar-refractivity contribution is 5.68. The van der Waals surface area contributed by atoms with Crippen molar-refractivity contribution >= 4 is 11.7 Å². The van der Waals surface area contributed by atoms with Gasteiger partial charge in [-0.15, -0.1) is 0 Å². The molecule has 1 aliphatic heterocycles. The molecular formula is C14H20N2O2. The largest absolute Gasteiger partial charge is 0.481 e. The van der Waals surface area contributed by atoms with Crippen molar-refractivity contribution in [2.24, 2.45) is 0 Å². The van der Waals surface area contributed by atoms with Gasteiger partial charge in [0.2, 0.25) is 0 Å². The van der Waals surface area contributed by atoms with Crippen LogP contribution < -0.4 is 4.90 Å². The molecule has 0 bridgehead atoms. The summed E-state index contributed by atoms with van der Waals surface area (Å²) in [7, 11) is 2.06. The number of rotatable bonds is 3. The van der Waals surface area contributed by atoms with E-state index in [2.05, 4.69) is 23.8 Å². The number of hydrogen-bond donors (Lipinski definition) is 1. The third-order valence-corrected chi connectivity index (χ3v) is 3.65. The smallest absolute Gasteiger partial charge is 0.305 e. The molecule has 98 valence electrons. The molecule has 1 saturated heterocycles. The number of piperazine rings is 1. The van der Waals surface area contributed by atoms with Crippen molar-refractivity contribution < 1.29 is 9.90 Å². The number of likely N-dealkylation sites (N-methyl/N-ethyl adjacent to an activating group) is 1. The predicted molar refractivity (Wildman–Crippen MR) is 71.9 cm³/mol. The third-order valence-electron chi connectivity index (χ3n) is 3.65. The average Bonchev–Trinajstić information content (AvgIpc) is 2.34. The van der Waals surface area contributed by atoms with Crippen LogP contribution in [0.5, 0.6) is 0 Å². The summed E-state index contributed by atoms with van der Waals surface area (Å²) in [6.07, 6.45) is 0.186. The average molecular weight is 248 g/mol. The van der Waals surface area contributed by atoms with E-state index in [9.17, 15) is 4.79 Å². The summed E-state index contributed by atoms with van der Waals surface area (Å²) in [6, 6.07) is 10.6. The topological polar surface area (TPSA) is 43.8 Å². The maximum absolute atomic E-state index is 11.0. The van der Waals surface area contributed by atoms with Gasteiger partial charge in [-0.25, -0.2) is 0 Å². The number of carboxylic acids is 1. The Hall–Kier alpha value is -1.55. The van der Waals surface area contributed by atoms with Crippen molar-refractivity contribution in [2.45, 2.75) is 25.4 Å². The van der Waals surface area contributed by atoms with E-state index in [1.165, 1.54) is 0 Å². The summed E-state index contributed by atoms with van der Waals surface area (Å²) in [4.78, 5) is 15.4. The Labute approximate surface area is 108 Å². The summed E-state index contributed by atoms with van der Waals surface area (Å²) in [5, 5.41) is 9.04. The Morgan fingerprint density at radius 2 is 2.00 bits per heavy atom. The van der Waals surface area contributed by atoms with Crippen LogP contribution in [0.1, 0.15) is 13.3 Å². The molecule has 0 aliphatic carbocycles. The first-order chi connectivity index (χ1) is 8.58. The minimum Gasteiger partial charge on any atom is -0.481 e. The highest BCUT2D eigenvalue weighted by Crippen LogP contribution is 2.23. The predicted octanol–water partition coefficient (Wildman–Crippen LogP) is 1.67. The Balaban J connectivity index is 2.20. The van der Waals surface area contributed by atoms with Gasteiger partial charge in [0.1, 0.15) is 0 Å². The van der Waals surface area contributed by atoms with E-state index in [1.807, 2.05) is 30.3 Å². The lowest BCUT2D eigenvalue weighted by Gasteiger charge is -2.44. The number of benzene rings is 1. The van der Waals surface area contributed by atoms with Gasteiger partial charge < -0.3 is 10.0 Å². The van der Waals surface area contributed by atoms with E-state index < -0.39 is 5.97 Å². The van der Waals surface area contributed by atoms with Crippen LogP contribution in [0.2, 0.25) is 0 Å². The minimum atomic E-state index is -0.733. The minimum absolute atomic E-state index is 0.0473. The van der Waals surface area contributed by atoms with Gasteiger partial charge in [0.05, 0.1) is 12.5 Å². The number of para-hydroxylation sites is 1. The van der Waals surface area contributed by atoms with E-state index in [0.29, 0.717) is 6.04 Å². The van der Waals surface area contributed by atoms with Crippen molar-refractivity contribution in [1.29, 1.82) is 0 Å². The van der Waals surface area contributed by atoms with Crippen LogP contribution in [0, 0.1) is 0 Å². The molecule has 1 aromatic carbocycles. The van der Waals surface area contributed by atoms with Gasteiger partial charge >= 0.3 is 5.97 Å². The first kappa shape index (κ1) is 12.9. The molecule has 0 aromatic heterocycles. The first-order valence-electron chi connectivity index (χ1n) is 6.31. The van der Waals surface area contributed by atoms with E-state index in [0.717, 1.165) is 18.8 Å². The molecule has 0 spiro atoms. The van der Waals surface area contributed by atoms with Crippen LogP contribution in [-0.4, -0.2) is 48.2 Å². The summed E-state index contributed by atoms with van der Waals surface area (Å²) >= 11 is 0. The molecule has 0 radical (unpaired) electrons. The standard InChI is InChI=1S/C14H20N2O2/c1-11-9-16(12-6-4-3-5-7-12)13(8-14(17)18)10-15(11)2/h3-7,11,13H,8-10H2,1-2H3,(H,17,18)/t11-,13-/m1/s1. The molecule has 18 heavy (non-hydrogen) atoms. The van der Waals surface area contributed by atoms with E-state index >= 15 is 0 Å². The molecular weight excluding hydrogens is 228 g/mol. The third kappa shape index (κ3) is 2.82. The second-order valence-electron chi connectivity index (χ2n) is 5.03. The zero-order valence-electron chi connectivity index (χ0n) is 10.9. The Morgan fingerprint density at radius 3 is 2.61 bits per heavy atom. The fraction of sp³-hybridized carbons (Fsp3) is 0.500. The van der Waals surface area contributed by atoms with Crippen LogP contribution in [-0.2, 0) is 4.79 Å². The molecule has 1 N–H and O–H groups in total.